The Balaban J connectivity index is 2.42. The number of aryl methyl sites for hydroxylation is 1. The highest BCUT2D eigenvalue weighted by atomic mass is 16.5. The number of nitrogens with zero attached hydrogens (tertiary/aromatic N) is 2. The van der Waals surface area contributed by atoms with E-state index in [1.807, 2.05) is 0 Å². The Morgan fingerprint density at radius 1 is 1.43 bits per heavy atom. The number of unbranched alkanes of at least 4 members (excludes halogenated alkanes) is 1. The summed E-state index contributed by atoms with van der Waals surface area (Å²) in [6.45, 7) is 4.20. The predicted molar refractivity (Wildman–Crippen MR) is 54.9 cm³/mol. The summed E-state index contributed by atoms with van der Waals surface area (Å²) in [4.78, 5) is 4.28. The fourth-order valence-corrected chi connectivity index (χ4v) is 1.18. The standard InChI is InChI=1S/C10H19N3O/c1-3-5-6-9-12-10(14-13-9)7-8(11)4-2/h8H,3-7,11H2,1-2H3. The van der Waals surface area contributed by atoms with E-state index in [1.54, 1.807) is 0 Å². The molecule has 4 heteroatoms. The molecule has 0 saturated heterocycles. The Kier molecular flexibility index (Phi) is 4.59. The Morgan fingerprint density at radius 2 is 2.21 bits per heavy atom. The van der Waals surface area contributed by atoms with Crippen LogP contribution in [0.4, 0.5) is 0 Å². The van der Waals surface area contributed by atoms with E-state index in [0.717, 1.165) is 31.5 Å². The minimum absolute atomic E-state index is 0.134. The lowest BCUT2D eigenvalue weighted by Gasteiger charge is -2.02. The summed E-state index contributed by atoms with van der Waals surface area (Å²) >= 11 is 0. The molecular formula is C10H19N3O. The molecule has 2 N–H and O–H groups in total. The maximum absolute atomic E-state index is 5.79. The van der Waals surface area contributed by atoms with Gasteiger partial charge in [0.25, 0.3) is 0 Å². The van der Waals surface area contributed by atoms with Gasteiger partial charge in [-0.2, -0.15) is 4.98 Å². The topological polar surface area (TPSA) is 64.9 Å². The first-order chi connectivity index (χ1) is 6.76. The van der Waals surface area contributed by atoms with Crippen LogP contribution in [0.25, 0.3) is 0 Å². The minimum atomic E-state index is 0.134. The molecule has 0 saturated carbocycles. The number of aromatic nitrogens is 2. The van der Waals surface area contributed by atoms with Gasteiger partial charge < -0.3 is 10.3 Å². The Bertz CT molecular complexity index is 260. The van der Waals surface area contributed by atoms with Gasteiger partial charge in [-0.25, -0.2) is 0 Å². The largest absolute Gasteiger partial charge is 0.339 e. The lowest BCUT2D eigenvalue weighted by atomic mass is 10.2. The lowest BCUT2D eigenvalue weighted by molar-refractivity contribution is 0.362. The fraction of sp³-hybridized carbons (Fsp3) is 0.800. The summed E-state index contributed by atoms with van der Waals surface area (Å²) in [6.07, 6.45) is 4.79. The van der Waals surface area contributed by atoms with Crippen LogP contribution in [0.1, 0.15) is 44.8 Å². The van der Waals surface area contributed by atoms with Crippen molar-refractivity contribution in [1.29, 1.82) is 0 Å². The fourth-order valence-electron chi connectivity index (χ4n) is 1.18. The van der Waals surface area contributed by atoms with E-state index in [4.69, 9.17) is 10.3 Å². The van der Waals surface area contributed by atoms with E-state index in [2.05, 4.69) is 24.0 Å². The van der Waals surface area contributed by atoms with Crippen LogP contribution in [-0.2, 0) is 12.8 Å². The van der Waals surface area contributed by atoms with Crippen molar-refractivity contribution in [2.24, 2.45) is 5.73 Å². The van der Waals surface area contributed by atoms with Crippen molar-refractivity contribution >= 4 is 0 Å². The molecule has 0 fully saturated rings. The van der Waals surface area contributed by atoms with Gasteiger partial charge in [0.05, 0.1) is 0 Å². The first-order valence-electron chi connectivity index (χ1n) is 5.33. The van der Waals surface area contributed by atoms with Gasteiger partial charge in [-0.3, -0.25) is 0 Å². The average Bonchev–Trinajstić information content (AvgIpc) is 2.62. The van der Waals surface area contributed by atoms with Gasteiger partial charge in [-0.05, 0) is 12.8 Å². The minimum Gasteiger partial charge on any atom is -0.339 e. The van der Waals surface area contributed by atoms with Gasteiger partial charge in [0, 0.05) is 18.9 Å². The second-order valence-electron chi connectivity index (χ2n) is 3.58. The molecule has 80 valence electrons. The van der Waals surface area contributed by atoms with Gasteiger partial charge in [0.2, 0.25) is 5.89 Å². The molecule has 1 heterocycles. The van der Waals surface area contributed by atoms with Crippen molar-refractivity contribution < 1.29 is 4.52 Å². The van der Waals surface area contributed by atoms with E-state index >= 15 is 0 Å². The zero-order chi connectivity index (χ0) is 10.4. The Morgan fingerprint density at radius 3 is 2.86 bits per heavy atom. The molecule has 1 unspecified atom stereocenters. The highest BCUT2D eigenvalue weighted by Gasteiger charge is 2.09. The molecule has 14 heavy (non-hydrogen) atoms. The van der Waals surface area contributed by atoms with Crippen molar-refractivity contribution in [2.75, 3.05) is 0 Å². The van der Waals surface area contributed by atoms with Crippen molar-refractivity contribution in [3.8, 4) is 0 Å². The van der Waals surface area contributed by atoms with Crippen LogP contribution in [-0.4, -0.2) is 16.2 Å². The molecule has 0 radical (unpaired) electrons. The summed E-state index contributed by atoms with van der Waals surface area (Å²) in [7, 11) is 0. The SMILES string of the molecule is CCCCc1noc(CC(N)CC)n1. The summed E-state index contributed by atoms with van der Waals surface area (Å²) in [5.74, 6) is 1.48. The maximum Gasteiger partial charge on any atom is 0.228 e. The monoisotopic (exact) mass is 197 g/mol. The third-order valence-electron chi connectivity index (χ3n) is 2.23. The highest BCUT2D eigenvalue weighted by molar-refractivity contribution is 4.88. The molecule has 1 aromatic heterocycles. The molecule has 0 bridgehead atoms. The van der Waals surface area contributed by atoms with E-state index in [1.165, 1.54) is 0 Å². The molecule has 1 atom stereocenters. The predicted octanol–water partition coefficient (Wildman–Crippen LogP) is 1.69. The van der Waals surface area contributed by atoms with E-state index in [0.29, 0.717) is 12.3 Å². The van der Waals surface area contributed by atoms with E-state index in [9.17, 15) is 0 Å². The molecule has 0 aliphatic carbocycles. The molecule has 0 spiro atoms. The molecule has 0 amide bonds. The summed E-state index contributed by atoms with van der Waals surface area (Å²) in [5, 5.41) is 3.90. The van der Waals surface area contributed by atoms with Gasteiger partial charge >= 0.3 is 0 Å². The number of nitrogens with two attached hydrogens (primary N) is 1. The van der Waals surface area contributed by atoms with Crippen molar-refractivity contribution in [3.63, 3.8) is 0 Å². The van der Waals surface area contributed by atoms with Gasteiger partial charge in [-0.15, -0.1) is 0 Å². The summed E-state index contributed by atoms with van der Waals surface area (Å²) in [5.41, 5.74) is 5.79. The van der Waals surface area contributed by atoms with Gasteiger partial charge in [0.15, 0.2) is 5.82 Å². The maximum atomic E-state index is 5.79. The second kappa shape index (κ2) is 5.75. The van der Waals surface area contributed by atoms with Crippen LogP contribution in [0.2, 0.25) is 0 Å². The molecule has 0 aliphatic heterocycles. The van der Waals surface area contributed by atoms with Crippen molar-refractivity contribution in [1.82, 2.24) is 10.1 Å². The second-order valence-corrected chi connectivity index (χ2v) is 3.58. The zero-order valence-corrected chi connectivity index (χ0v) is 8.99. The number of hydrogen-bond acceptors (Lipinski definition) is 4. The van der Waals surface area contributed by atoms with Crippen molar-refractivity contribution in [3.05, 3.63) is 11.7 Å². The molecule has 1 rings (SSSR count). The normalized spacial score (nSPS) is 13.1. The van der Waals surface area contributed by atoms with Crippen LogP contribution >= 0.6 is 0 Å². The average molecular weight is 197 g/mol. The Labute approximate surface area is 84.9 Å². The van der Waals surface area contributed by atoms with E-state index in [-0.39, 0.29) is 6.04 Å². The van der Waals surface area contributed by atoms with Crippen LogP contribution in [0, 0.1) is 0 Å². The van der Waals surface area contributed by atoms with Crippen LogP contribution in [0.5, 0.6) is 0 Å². The van der Waals surface area contributed by atoms with Crippen LogP contribution < -0.4 is 5.73 Å². The third-order valence-corrected chi connectivity index (χ3v) is 2.23. The van der Waals surface area contributed by atoms with Gasteiger partial charge in [-0.1, -0.05) is 25.4 Å². The quantitative estimate of drug-likeness (QED) is 0.753. The first kappa shape index (κ1) is 11.2. The third kappa shape index (κ3) is 3.46. The molecule has 4 nitrogen and oxygen atoms in total. The lowest BCUT2D eigenvalue weighted by Crippen LogP contribution is -2.21. The smallest absolute Gasteiger partial charge is 0.228 e. The molecule has 0 aliphatic rings. The summed E-state index contributed by atoms with van der Waals surface area (Å²) < 4.78 is 5.09. The first-order valence-corrected chi connectivity index (χ1v) is 5.33. The zero-order valence-electron chi connectivity index (χ0n) is 8.99. The molecule has 0 aromatic carbocycles. The van der Waals surface area contributed by atoms with Crippen LogP contribution in [0.3, 0.4) is 0 Å². The summed E-state index contributed by atoms with van der Waals surface area (Å²) in [6, 6.07) is 0.134. The number of rotatable bonds is 6. The van der Waals surface area contributed by atoms with Crippen molar-refractivity contribution in [2.45, 2.75) is 52.0 Å². The number of hydrogen-bond donors (Lipinski definition) is 1. The highest BCUT2D eigenvalue weighted by Crippen LogP contribution is 2.04. The molecular weight excluding hydrogens is 178 g/mol. The van der Waals surface area contributed by atoms with Crippen LogP contribution in [0.15, 0.2) is 4.52 Å². The van der Waals surface area contributed by atoms with E-state index < -0.39 is 0 Å². The van der Waals surface area contributed by atoms with Gasteiger partial charge in [0.1, 0.15) is 0 Å². The molecule has 1 aromatic rings. The Hall–Kier alpha value is -0.900.